The number of benzene rings is 1. The highest BCUT2D eigenvalue weighted by atomic mass is 16.5. The predicted octanol–water partition coefficient (Wildman–Crippen LogP) is 3.65. The van der Waals surface area contributed by atoms with E-state index in [-0.39, 0.29) is 11.4 Å². The summed E-state index contributed by atoms with van der Waals surface area (Å²) in [4.78, 5) is 12.1. The van der Waals surface area contributed by atoms with E-state index in [0.29, 0.717) is 5.92 Å². The van der Waals surface area contributed by atoms with Crippen molar-refractivity contribution in [1.82, 2.24) is 0 Å². The molecule has 2 heteroatoms. The molecule has 1 saturated carbocycles. The molecule has 0 aliphatic heterocycles. The maximum Gasteiger partial charge on any atom is 0.316 e. The van der Waals surface area contributed by atoms with E-state index in [4.69, 9.17) is 4.74 Å². The van der Waals surface area contributed by atoms with Gasteiger partial charge in [-0.05, 0) is 28.9 Å². The van der Waals surface area contributed by atoms with Gasteiger partial charge in [0.05, 0.1) is 12.5 Å². The molecule has 98 valence electrons. The molecule has 0 bridgehead atoms. The molecule has 2 nitrogen and oxygen atoms in total. The van der Waals surface area contributed by atoms with Crippen molar-refractivity contribution >= 4 is 5.97 Å². The second-order valence-corrected chi connectivity index (χ2v) is 6.23. The van der Waals surface area contributed by atoms with Gasteiger partial charge in [-0.15, -0.1) is 0 Å². The minimum atomic E-state index is -0.433. The zero-order valence-electron chi connectivity index (χ0n) is 11.9. The SMILES string of the molecule is COC(=O)C1(c2ccc(C(C)C)cc2)CC1(C)C. The summed E-state index contributed by atoms with van der Waals surface area (Å²) >= 11 is 0. The van der Waals surface area contributed by atoms with Gasteiger partial charge in [0.1, 0.15) is 0 Å². The van der Waals surface area contributed by atoms with Crippen molar-refractivity contribution in [3.8, 4) is 0 Å². The van der Waals surface area contributed by atoms with Gasteiger partial charge in [0, 0.05) is 0 Å². The molecule has 2 rings (SSSR count). The molecule has 1 aromatic carbocycles. The number of carbonyl (C=O) groups is 1. The lowest BCUT2D eigenvalue weighted by Crippen LogP contribution is -2.27. The monoisotopic (exact) mass is 246 g/mol. The predicted molar refractivity (Wildman–Crippen MR) is 72.6 cm³/mol. The van der Waals surface area contributed by atoms with E-state index in [1.165, 1.54) is 12.7 Å². The van der Waals surface area contributed by atoms with Crippen LogP contribution in [0.3, 0.4) is 0 Å². The number of esters is 1. The topological polar surface area (TPSA) is 26.3 Å². The summed E-state index contributed by atoms with van der Waals surface area (Å²) in [6.45, 7) is 8.60. The maximum atomic E-state index is 12.1. The van der Waals surface area contributed by atoms with E-state index in [0.717, 1.165) is 12.0 Å². The van der Waals surface area contributed by atoms with Crippen LogP contribution in [0.25, 0.3) is 0 Å². The molecule has 0 saturated heterocycles. The van der Waals surface area contributed by atoms with Gasteiger partial charge in [0.2, 0.25) is 0 Å². The second-order valence-electron chi connectivity index (χ2n) is 6.23. The molecule has 1 unspecified atom stereocenters. The molecule has 1 aliphatic carbocycles. The van der Waals surface area contributed by atoms with Crippen molar-refractivity contribution in [2.75, 3.05) is 7.11 Å². The van der Waals surface area contributed by atoms with Gasteiger partial charge in [0.25, 0.3) is 0 Å². The van der Waals surface area contributed by atoms with Crippen LogP contribution < -0.4 is 0 Å². The molecule has 0 N–H and O–H groups in total. The normalized spacial score (nSPS) is 25.0. The highest BCUT2D eigenvalue weighted by Crippen LogP contribution is 2.64. The highest BCUT2D eigenvalue weighted by Gasteiger charge is 2.68. The Hall–Kier alpha value is -1.31. The quantitative estimate of drug-likeness (QED) is 0.761. The number of ether oxygens (including phenoxy) is 1. The molecule has 0 amide bonds. The zero-order valence-corrected chi connectivity index (χ0v) is 11.9. The molecule has 0 aromatic heterocycles. The molecular formula is C16H22O2. The molecule has 18 heavy (non-hydrogen) atoms. The van der Waals surface area contributed by atoms with Gasteiger partial charge in [-0.2, -0.15) is 0 Å². The van der Waals surface area contributed by atoms with Crippen LogP contribution in [0.2, 0.25) is 0 Å². The molecule has 1 aromatic rings. The Bertz CT molecular complexity index is 456. The third-order valence-electron chi connectivity index (χ3n) is 4.34. The van der Waals surface area contributed by atoms with Crippen LogP contribution >= 0.6 is 0 Å². The van der Waals surface area contributed by atoms with Gasteiger partial charge in [-0.1, -0.05) is 52.0 Å². The fraction of sp³-hybridized carbons (Fsp3) is 0.562. The van der Waals surface area contributed by atoms with Gasteiger partial charge < -0.3 is 4.74 Å². The van der Waals surface area contributed by atoms with Gasteiger partial charge in [-0.25, -0.2) is 0 Å². The van der Waals surface area contributed by atoms with Crippen molar-refractivity contribution in [3.05, 3.63) is 35.4 Å². The lowest BCUT2D eigenvalue weighted by molar-refractivity contribution is -0.144. The zero-order chi connectivity index (χ0) is 13.6. The molecule has 1 fully saturated rings. The van der Waals surface area contributed by atoms with Gasteiger partial charge >= 0.3 is 5.97 Å². The molecular weight excluding hydrogens is 224 g/mol. The fourth-order valence-electron chi connectivity index (χ4n) is 2.90. The summed E-state index contributed by atoms with van der Waals surface area (Å²) in [5, 5.41) is 0. The highest BCUT2D eigenvalue weighted by molar-refractivity contribution is 5.88. The Labute approximate surface area is 109 Å². The van der Waals surface area contributed by atoms with E-state index in [1.807, 2.05) is 0 Å². The van der Waals surface area contributed by atoms with Crippen molar-refractivity contribution in [2.45, 2.75) is 45.4 Å². The van der Waals surface area contributed by atoms with Crippen LogP contribution in [0, 0.1) is 5.41 Å². The van der Waals surface area contributed by atoms with Crippen molar-refractivity contribution in [2.24, 2.45) is 5.41 Å². The van der Waals surface area contributed by atoms with E-state index in [9.17, 15) is 4.79 Å². The lowest BCUT2D eigenvalue weighted by Gasteiger charge is -2.19. The first kappa shape index (κ1) is 13.1. The summed E-state index contributed by atoms with van der Waals surface area (Å²) in [6, 6.07) is 8.42. The minimum Gasteiger partial charge on any atom is -0.468 e. The average molecular weight is 246 g/mol. The molecule has 1 atom stereocenters. The number of rotatable bonds is 3. The third kappa shape index (κ3) is 1.75. The maximum absolute atomic E-state index is 12.1. The fourth-order valence-corrected chi connectivity index (χ4v) is 2.90. The number of hydrogen-bond donors (Lipinski definition) is 0. The van der Waals surface area contributed by atoms with Gasteiger partial charge in [-0.3, -0.25) is 4.79 Å². The van der Waals surface area contributed by atoms with Crippen LogP contribution in [0.1, 0.15) is 51.2 Å². The van der Waals surface area contributed by atoms with Crippen molar-refractivity contribution < 1.29 is 9.53 Å². The first-order chi connectivity index (χ1) is 8.35. The third-order valence-corrected chi connectivity index (χ3v) is 4.34. The van der Waals surface area contributed by atoms with Crippen LogP contribution in [-0.2, 0) is 14.9 Å². The van der Waals surface area contributed by atoms with E-state index in [2.05, 4.69) is 52.0 Å². The summed E-state index contributed by atoms with van der Waals surface area (Å²) in [6.07, 6.45) is 0.869. The Balaban J connectivity index is 2.38. The first-order valence-corrected chi connectivity index (χ1v) is 6.54. The summed E-state index contributed by atoms with van der Waals surface area (Å²) in [7, 11) is 1.47. The summed E-state index contributed by atoms with van der Waals surface area (Å²) in [5.41, 5.74) is 1.96. The average Bonchev–Trinajstić information content (AvgIpc) is 2.93. The molecule has 1 aliphatic rings. The van der Waals surface area contributed by atoms with E-state index < -0.39 is 5.41 Å². The first-order valence-electron chi connectivity index (χ1n) is 6.54. The largest absolute Gasteiger partial charge is 0.468 e. The minimum absolute atomic E-state index is 0.000555. The Kier molecular flexibility index (Phi) is 3.00. The van der Waals surface area contributed by atoms with Gasteiger partial charge in [0.15, 0.2) is 0 Å². The van der Waals surface area contributed by atoms with Crippen LogP contribution in [-0.4, -0.2) is 13.1 Å². The second kappa shape index (κ2) is 4.11. The van der Waals surface area contributed by atoms with E-state index >= 15 is 0 Å². The summed E-state index contributed by atoms with van der Waals surface area (Å²) in [5.74, 6) is 0.408. The van der Waals surface area contributed by atoms with Crippen molar-refractivity contribution in [1.29, 1.82) is 0 Å². The van der Waals surface area contributed by atoms with Crippen LogP contribution in [0.4, 0.5) is 0 Å². The standard InChI is InChI=1S/C16H22O2/c1-11(2)12-6-8-13(9-7-12)16(14(17)18-5)10-15(16,3)4/h6-9,11H,10H2,1-5H3. The van der Waals surface area contributed by atoms with Crippen LogP contribution in [0.15, 0.2) is 24.3 Å². The molecule has 0 spiro atoms. The Morgan fingerprint density at radius 1 is 1.22 bits per heavy atom. The molecule has 0 radical (unpaired) electrons. The van der Waals surface area contributed by atoms with Crippen molar-refractivity contribution in [3.63, 3.8) is 0 Å². The molecule has 0 heterocycles. The lowest BCUT2D eigenvalue weighted by atomic mass is 9.86. The number of hydrogen-bond acceptors (Lipinski definition) is 2. The summed E-state index contributed by atoms with van der Waals surface area (Å²) < 4.78 is 5.01. The van der Waals surface area contributed by atoms with Crippen LogP contribution in [0.5, 0.6) is 0 Å². The smallest absolute Gasteiger partial charge is 0.316 e. The van der Waals surface area contributed by atoms with E-state index in [1.54, 1.807) is 0 Å². The number of methoxy groups -OCH3 is 1. The Morgan fingerprint density at radius 3 is 2.06 bits per heavy atom. The Morgan fingerprint density at radius 2 is 1.72 bits per heavy atom. The number of carbonyl (C=O) groups excluding carboxylic acids is 1.